The van der Waals surface area contributed by atoms with Gasteiger partial charge in [-0.05, 0) is 12.1 Å². The highest BCUT2D eigenvalue weighted by Crippen LogP contribution is 2.15. The molecule has 2 aromatic heterocycles. The normalized spacial score (nSPS) is 11.8. The highest BCUT2D eigenvalue weighted by molar-refractivity contribution is 6.76. The third-order valence-electron chi connectivity index (χ3n) is 2.73. The molecule has 20 heavy (non-hydrogen) atoms. The van der Waals surface area contributed by atoms with Crippen LogP contribution in [0.15, 0.2) is 24.7 Å². The smallest absolute Gasteiger partial charge is 0.164 e. The van der Waals surface area contributed by atoms with Gasteiger partial charge in [0, 0.05) is 27.1 Å². The fourth-order valence-corrected chi connectivity index (χ4v) is 2.45. The number of ether oxygens (including phenoxy) is 1. The predicted octanol–water partition coefficient (Wildman–Crippen LogP) is 3.31. The van der Waals surface area contributed by atoms with E-state index in [2.05, 4.69) is 34.7 Å². The molecule has 7 heteroatoms. The molecular weight excluding hydrogens is 292 g/mol. The van der Waals surface area contributed by atoms with Gasteiger partial charge >= 0.3 is 0 Å². The summed E-state index contributed by atoms with van der Waals surface area (Å²) in [5, 5.41) is 4.66. The molecule has 0 amide bonds. The van der Waals surface area contributed by atoms with Crippen molar-refractivity contribution < 1.29 is 4.74 Å². The molecule has 0 spiro atoms. The first-order valence-corrected chi connectivity index (χ1v) is 10.6. The van der Waals surface area contributed by atoms with Gasteiger partial charge in [0.1, 0.15) is 11.9 Å². The van der Waals surface area contributed by atoms with Crippen LogP contribution in [-0.2, 0) is 11.5 Å². The highest BCUT2D eigenvalue weighted by atomic mass is 35.5. The Morgan fingerprint density at radius 3 is 2.85 bits per heavy atom. The molecule has 0 aliphatic heterocycles. The summed E-state index contributed by atoms with van der Waals surface area (Å²) in [4.78, 5) is 8.32. The summed E-state index contributed by atoms with van der Waals surface area (Å²) in [5.74, 6) is 0.575. The molecule has 5 nitrogen and oxygen atoms in total. The number of hydrogen-bond donors (Lipinski definition) is 0. The van der Waals surface area contributed by atoms with E-state index in [1.807, 2.05) is 6.20 Å². The Bertz CT molecular complexity index is 567. The molecule has 108 valence electrons. The minimum absolute atomic E-state index is 0.425. The topological polar surface area (TPSA) is 52.8 Å². The maximum Gasteiger partial charge on any atom is 0.164 e. The largest absolute Gasteiger partial charge is 0.360 e. The van der Waals surface area contributed by atoms with Crippen LogP contribution in [0.4, 0.5) is 0 Å². The van der Waals surface area contributed by atoms with Gasteiger partial charge in [-0.25, -0.2) is 14.6 Å². The molecule has 0 fully saturated rings. The third-order valence-corrected chi connectivity index (χ3v) is 4.65. The Morgan fingerprint density at radius 1 is 1.35 bits per heavy atom. The van der Waals surface area contributed by atoms with Crippen LogP contribution < -0.4 is 0 Å². The molecule has 2 rings (SSSR count). The van der Waals surface area contributed by atoms with Crippen molar-refractivity contribution in [3.05, 3.63) is 29.8 Å². The zero-order chi connectivity index (χ0) is 14.6. The van der Waals surface area contributed by atoms with Crippen molar-refractivity contribution in [2.45, 2.75) is 32.4 Å². The zero-order valence-electron chi connectivity index (χ0n) is 12.0. The third kappa shape index (κ3) is 4.70. The van der Waals surface area contributed by atoms with Gasteiger partial charge in [0.05, 0.1) is 11.8 Å². The van der Waals surface area contributed by atoms with E-state index in [9.17, 15) is 0 Å². The number of rotatable bonds is 6. The molecule has 0 saturated heterocycles. The highest BCUT2D eigenvalue weighted by Gasteiger charge is 2.12. The second-order valence-electron chi connectivity index (χ2n) is 5.82. The lowest BCUT2D eigenvalue weighted by Gasteiger charge is -2.15. The van der Waals surface area contributed by atoms with E-state index in [-0.39, 0.29) is 0 Å². The van der Waals surface area contributed by atoms with Crippen molar-refractivity contribution >= 4 is 19.7 Å². The summed E-state index contributed by atoms with van der Waals surface area (Å²) in [7, 11) is -1.04. The van der Waals surface area contributed by atoms with Crippen LogP contribution in [0.3, 0.4) is 0 Å². The van der Waals surface area contributed by atoms with Gasteiger partial charge in [0.15, 0.2) is 5.82 Å². The predicted molar refractivity (Wildman–Crippen MR) is 82.4 cm³/mol. The molecule has 2 aromatic rings. The molecule has 0 radical (unpaired) electrons. The minimum atomic E-state index is -1.04. The first kappa shape index (κ1) is 15.2. The van der Waals surface area contributed by atoms with Gasteiger partial charge in [0.2, 0.25) is 0 Å². The molecule has 0 atom stereocenters. The van der Waals surface area contributed by atoms with Crippen LogP contribution in [0, 0.1) is 0 Å². The van der Waals surface area contributed by atoms with Crippen LogP contribution in [0.1, 0.15) is 0 Å². The molecule has 0 saturated carbocycles. The Morgan fingerprint density at radius 2 is 2.15 bits per heavy atom. The summed E-state index contributed by atoms with van der Waals surface area (Å²) in [5.41, 5.74) is 0.835. The summed E-state index contributed by atoms with van der Waals surface area (Å²) in [6.07, 6.45) is 5.21. The molecule has 0 bridgehead atoms. The van der Waals surface area contributed by atoms with E-state index in [4.69, 9.17) is 16.3 Å². The van der Waals surface area contributed by atoms with Crippen LogP contribution in [0.25, 0.3) is 11.4 Å². The standard InChI is InChI=1S/C13H19ClN4OSi/c1-20(2,3)7-6-19-10-18-9-11(8-16-18)13-15-5-4-12(14)17-13/h4-5,8-9H,6-7,10H2,1-3H3. The van der Waals surface area contributed by atoms with Gasteiger partial charge in [-0.1, -0.05) is 31.2 Å². The van der Waals surface area contributed by atoms with Gasteiger partial charge < -0.3 is 4.74 Å². The Kier molecular flexibility index (Phi) is 4.90. The SMILES string of the molecule is C[Si](C)(C)CCOCn1cc(-c2nccc(Cl)n2)cn1. The van der Waals surface area contributed by atoms with Crippen molar-refractivity contribution in [2.24, 2.45) is 0 Å². The second-order valence-corrected chi connectivity index (χ2v) is 11.8. The van der Waals surface area contributed by atoms with Crippen molar-refractivity contribution in [3.8, 4) is 11.4 Å². The fraction of sp³-hybridized carbons (Fsp3) is 0.462. The van der Waals surface area contributed by atoms with Crippen LogP contribution in [0.5, 0.6) is 0 Å². The van der Waals surface area contributed by atoms with Gasteiger partial charge in [0.25, 0.3) is 0 Å². The molecule has 2 heterocycles. The number of nitrogens with zero attached hydrogens (tertiary/aromatic N) is 4. The molecule has 0 aliphatic rings. The summed E-state index contributed by atoms with van der Waals surface area (Å²) in [6.45, 7) is 8.22. The van der Waals surface area contributed by atoms with Crippen molar-refractivity contribution in [2.75, 3.05) is 6.61 Å². The van der Waals surface area contributed by atoms with E-state index in [0.29, 0.717) is 17.7 Å². The van der Waals surface area contributed by atoms with Crippen LogP contribution >= 0.6 is 11.6 Å². The summed E-state index contributed by atoms with van der Waals surface area (Å²) < 4.78 is 7.38. The average Bonchev–Trinajstić information content (AvgIpc) is 2.82. The maximum absolute atomic E-state index is 5.85. The Labute approximate surface area is 125 Å². The zero-order valence-corrected chi connectivity index (χ0v) is 13.8. The minimum Gasteiger partial charge on any atom is -0.360 e. The van der Waals surface area contributed by atoms with Gasteiger partial charge in [-0.15, -0.1) is 0 Å². The lowest BCUT2D eigenvalue weighted by atomic mass is 10.3. The van der Waals surface area contributed by atoms with E-state index in [1.54, 1.807) is 23.1 Å². The molecule has 0 aliphatic carbocycles. The molecule has 0 unspecified atom stereocenters. The average molecular weight is 311 g/mol. The number of aromatic nitrogens is 4. The van der Waals surface area contributed by atoms with Crippen LogP contribution in [-0.4, -0.2) is 34.4 Å². The quantitative estimate of drug-likeness (QED) is 0.466. The maximum atomic E-state index is 5.85. The first-order valence-electron chi connectivity index (χ1n) is 6.53. The van der Waals surface area contributed by atoms with Gasteiger partial charge in [-0.3, -0.25) is 0 Å². The summed E-state index contributed by atoms with van der Waals surface area (Å²) >= 11 is 5.85. The second kappa shape index (κ2) is 6.47. The number of hydrogen-bond acceptors (Lipinski definition) is 4. The van der Waals surface area contributed by atoms with E-state index >= 15 is 0 Å². The fourth-order valence-electron chi connectivity index (χ4n) is 1.56. The Balaban J connectivity index is 1.90. The van der Waals surface area contributed by atoms with E-state index < -0.39 is 8.07 Å². The van der Waals surface area contributed by atoms with Crippen molar-refractivity contribution in [1.82, 2.24) is 19.7 Å². The van der Waals surface area contributed by atoms with E-state index in [0.717, 1.165) is 18.2 Å². The van der Waals surface area contributed by atoms with Crippen LogP contribution in [0.2, 0.25) is 30.8 Å². The van der Waals surface area contributed by atoms with Gasteiger partial charge in [-0.2, -0.15) is 5.10 Å². The molecule has 0 aromatic carbocycles. The van der Waals surface area contributed by atoms with E-state index in [1.165, 1.54) is 0 Å². The van der Waals surface area contributed by atoms with Crippen molar-refractivity contribution in [1.29, 1.82) is 0 Å². The first-order chi connectivity index (χ1) is 9.44. The lowest BCUT2D eigenvalue weighted by Crippen LogP contribution is -2.22. The lowest BCUT2D eigenvalue weighted by molar-refractivity contribution is 0.0786. The Hall–Kier alpha value is -1.24. The summed E-state index contributed by atoms with van der Waals surface area (Å²) in [6, 6.07) is 2.80. The number of halogens is 1. The van der Waals surface area contributed by atoms with Crippen molar-refractivity contribution in [3.63, 3.8) is 0 Å². The monoisotopic (exact) mass is 310 g/mol. The molecule has 0 N–H and O–H groups in total. The molecular formula is C13H19ClN4OSi.